The van der Waals surface area contributed by atoms with Crippen LogP contribution in [0.3, 0.4) is 0 Å². The van der Waals surface area contributed by atoms with E-state index in [1.165, 1.54) is 53.9 Å². The third-order valence-corrected chi connectivity index (χ3v) is 6.72. The summed E-state index contributed by atoms with van der Waals surface area (Å²) in [4.78, 5) is 3.78. The average Bonchev–Trinajstić information content (AvgIpc) is 3.41. The Balaban J connectivity index is 1.47. The van der Waals surface area contributed by atoms with Crippen molar-refractivity contribution in [3.8, 4) is 0 Å². The number of benzene rings is 1. The Morgan fingerprint density at radius 2 is 2.00 bits per heavy atom. The molecule has 1 aliphatic carbocycles. The SMILES string of the molecule is C[C@@H](CC1CCCC1)NCc1ccccc1N1CC=CC=C1c1cccs1. The number of hydrogen-bond donors (Lipinski definition) is 1. The summed E-state index contributed by atoms with van der Waals surface area (Å²) in [6.45, 7) is 4.21. The maximum Gasteiger partial charge on any atom is 0.0588 e. The normalized spacial score (nSPS) is 18.7. The molecule has 1 aromatic heterocycles. The molecule has 0 unspecified atom stereocenters. The molecule has 0 radical (unpaired) electrons. The van der Waals surface area contributed by atoms with Gasteiger partial charge >= 0.3 is 0 Å². The van der Waals surface area contributed by atoms with Gasteiger partial charge in [-0.3, -0.25) is 0 Å². The van der Waals surface area contributed by atoms with Gasteiger partial charge in [0.25, 0.3) is 0 Å². The van der Waals surface area contributed by atoms with Gasteiger partial charge in [0.1, 0.15) is 0 Å². The van der Waals surface area contributed by atoms with Gasteiger partial charge in [-0.2, -0.15) is 0 Å². The smallest absolute Gasteiger partial charge is 0.0588 e. The zero-order valence-electron chi connectivity index (χ0n) is 16.2. The molecule has 2 heterocycles. The molecule has 1 saturated carbocycles. The second kappa shape index (κ2) is 8.90. The summed E-state index contributed by atoms with van der Waals surface area (Å²) in [6, 6.07) is 13.8. The quantitative estimate of drug-likeness (QED) is 0.615. The van der Waals surface area contributed by atoms with E-state index in [9.17, 15) is 0 Å². The molecule has 0 amide bonds. The molecule has 27 heavy (non-hydrogen) atoms. The Morgan fingerprint density at radius 3 is 2.81 bits per heavy atom. The molecule has 0 saturated heterocycles. The molecule has 1 fully saturated rings. The van der Waals surface area contributed by atoms with Gasteiger partial charge in [0.05, 0.1) is 10.6 Å². The molecule has 2 nitrogen and oxygen atoms in total. The van der Waals surface area contributed by atoms with Gasteiger partial charge in [-0.15, -0.1) is 11.3 Å². The van der Waals surface area contributed by atoms with E-state index in [-0.39, 0.29) is 0 Å². The average molecular weight is 379 g/mol. The van der Waals surface area contributed by atoms with E-state index in [0.717, 1.165) is 19.0 Å². The molecular weight excluding hydrogens is 348 g/mol. The van der Waals surface area contributed by atoms with Crippen molar-refractivity contribution in [2.45, 2.75) is 51.6 Å². The Labute approximate surface area is 167 Å². The summed E-state index contributed by atoms with van der Waals surface area (Å²) >= 11 is 1.81. The number of nitrogens with zero attached hydrogens (tertiary/aromatic N) is 1. The summed E-state index contributed by atoms with van der Waals surface area (Å²) in [5, 5.41) is 5.95. The fourth-order valence-corrected chi connectivity index (χ4v) is 5.18. The summed E-state index contributed by atoms with van der Waals surface area (Å²) in [7, 11) is 0. The van der Waals surface area contributed by atoms with E-state index in [4.69, 9.17) is 0 Å². The Kier molecular flexibility index (Phi) is 6.10. The number of para-hydroxylation sites is 1. The monoisotopic (exact) mass is 378 g/mol. The van der Waals surface area contributed by atoms with Crippen molar-refractivity contribution in [3.05, 3.63) is 70.4 Å². The maximum absolute atomic E-state index is 3.79. The van der Waals surface area contributed by atoms with Crippen LogP contribution in [0.25, 0.3) is 5.70 Å². The van der Waals surface area contributed by atoms with Crippen LogP contribution >= 0.6 is 11.3 Å². The second-order valence-electron chi connectivity index (χ2n) is 7.86. The summed E-state index contributed by atoms with van der Waals surface area (Å²) < 4.78 is 0. The maximum atomic E-state index is 3.79. The van der Waals surface area contributed by atoms with E-state index in [2.05, 4.69) is 77.1 Å². The molecule has 142 valence electrons. The molecule has 0 bridgehead atoms. The van der Waals surface area contributed by atoms with Crippen LogP contribution in [0.5, 0.6) is 0 Å². The standard InChI is InChI=1S/C24H30N2S/c1-19(17-20-9-2-3-10-20)25-18-21-11-4-5-12-22(21)26-15-7-6-13-23(26)24-14-8-16-27-24/h4-8,11-14,16,19-20,25H,2-3,9-10,15,17-18H2,1H3/t19-/m0/s1. The Morgan fingerprint density at radius 1 is 1.15 bits per heavy atom. The number of hydrogen-bond acceptors (Lipinski definition) is 3. The van der Waals surface area contributed by atoms with Gasteiger partial charge in [-0.05, 0) is 48.4 Å². The lowest BCUT2D eigenvalue weighted by Gasteiger charge is -2.30. The second-order valence-corrected chi connectivity index (χ2v) is 8.81. The minimum atomic E-state index is 0.578. The molecule has 1 aromatic carbocycles. The van der Waals surface area contributed by atoms with Gasteiger partial charge in [0.15, 0.2) is 0 Å². The molecule has 1 atom stereocenters. The fourth-order valence-electron chi connectivity index (χ4n) is 4.42. The van der Waals surface area contributed by atoms with Crippen LogP contribution in [0.15, 0.2) is 60.0 Å². The van der Waals surface area contributed by atoms with Gasteiger partial charge < -0.3 is 10.2 Å². The number of rotatable bonds is 7. The molecule has 1 aliphatic heterocycles. The van der Waals surface area contributed by atoms with Gasteiger partial charge in [0, 0.05) is 24.8 Å². The fraction of sp³-hybridized carbons (Fsp3) is 0.417. The first kappa shape index (κ1) is 18.5. The molecule has 3 heteroatoms. The predicted octanol–water partition coefficient (Wildman–Crippen LogP) is 6.22. The van der Waals surface area contributed by atoms with Crippen LogP contribution < -0.4 is 10.2 Å². The zero-order chi connectivity index (χ0) is 18.5. The van der Waals surface area contributed by atoms with Gasteiger partial charge in [-0.1, -0.05) is 62.1 Å². The zero-order valence-corrected chi connectivity index (χ0v) is 17.0. The number of thiophene rings is 1. The first-order valence-electron chi connectivity index (χ1n) is 10.3. The number of anilines is 1. The molecule has 0 spiro atoms. The highest BCUT2D eigenvalue weighted by atomic mass is 32.1. The van der Waals surface area contributed by atoms with Crippen molar-refractivity contribution in [3.63, 3.8) is 0 Å². The third kappa shape index (κ3) is 4.53. The first-order valence-corrected chi connectivity index (χ1v) is 11.2. The van der Waals surface area contributed by atoms with Crippen LogP contribution in [0.4, 0.5) is 5.69 Å². The van der Waals surface area contributed by atoms with E-state index >= 15 is 0 Å². The van der Waals surface area contributed by atoms with Crippen molar-refractivity contribution >= 4 is 22.7 Å². The van der Waals surface area contributed by atoms with Gasteiger partial charge in [-0.25, -0.2) is 0 Å². The van der Waals surface area contributed by atoms with Crippen molar-refractivity contribution in [1.29, 1.82) is 0 Å². The molecule has 2 aliphatic rings. The highest BCUT2D eigenvalue weighted by Crippen LogP contribution is 2.33. The predicted molar refractivity (Wildman–Crippen MR) is 118 cm³/mol. The topological polar surface area (TPSA) is 15.3 Å². The van der Waals surface area contributed by atoms with E-state index in [1.54, 1.807) is 0 Å². The molecular formula is C24H30N2S. The Hall–Kier alpha value is -1.84. The van der Waals surface area contributed by atoms with Crippen LogP contribution in [-0.4, -0.2) is 12.6 Å². The van der Waals surface area contributed by atoms with Crippen molar-refractivity contribution < 1.29 is 0 Å². The van der Waals surface area contributed by atoms with Crippen LogP contribution in [0.1, 0.15) is 49.5 Å². The lowest BCUT2D eigenvalue weighted by molar-refractivity contribution is 0.404. The number of nitrogens with one attached hydrogen (secondary N) is 1. The van der Waals surface area contributed by atoms with Crippen molar-refractivity contribution in [2.75, 3.05) is 11.4 Å². The molecule has 1 N–H and O–H groups in total. The number of allylic oxidation sites excluding steroid dienone is 2. The lowest BCUT2D eigenvalue weighted by atomic mass is 9.99. The third-order valence-electron chi connectivity index (χ3n) is 5.83. The highest BCUT2D eigenvalue weighted by Gasteiger charge is 2.20. The van der Waals surface area contributed by atoms with Crippen LogP contribution in [0.2, 0.25) is 0 Å². The van der Waals surface area contributed by atoms with Crippen molar-refractivity contribution in [2.24, 2.45) is 5.92 Å². The minimum absolute atomic E-state index is 0.578. The molecule has 4 rings (SSSR count). The summed E-state index contributed by atoms with van der Waals surface area (Å²) in [5.74, 6) is 0.934. The lowest BCUT2D eigenvalue weighted by Crippen LogP contribution is -2.29. The van der Waals surface area contributed by atoms with E-state index in [0.29, 0.717) is 6.04 Å². The van der Waals surface area contributed by atoms with E-state index in [1.807, 2.05) is 11.3 Å². The summed E-state index contributed by atoms with van der Waals surface area (Å²) in [5.41, 5.74) is 4.01. The van der Waals surface area contributed by atoms with E-state index < -0.39 is 0 Å². The first-order chi connectivity index (χ1) is 13.3. The summed E-state index contributed by atoms with van der Waals surface area (Å²) in [6.07, 6.45) is 13.7. The van der Waals surface area contributed by atoms with Gasteiger partial charge in [0.2, 0.25) is 0 Å². The minimum Gasteiger partial charge on any atom is -0.336 e. The Bertz CT molecular complexity index is 784. The highest BCUT2D eigenvalue weighted by molar-refractivity contribution is 7.11. The van der Waals surface area contributed by atoms with Crippen molar-refractivity contribution in [1.82, 2.24) is 5.32 Å². The van der Waals surface area contributed by atoms with Crippen LogP contribution in [-0.2, 0) is 6.54 Å². The largest absolute Gasteiger partial charge is 0.336 e. The molecule has 2 aromatic rings. The van der Waals surface area contributed by atoms with Crippen LogP contribution in [0, 0.1) is 5.92 Å².